The molecule has 0 atom stereocenters. The average Bonchev–Trinajstić information content (AvgIpc) is 3.55. The Bertz CT molecular complexity index is 1900. The lowest BCUT2D eigenvalue weighted by Crippen LogP contribution is -2.31. The van der Waals surface area contributed by atoms with Crippen molar-refractivity contribution < 1.29 is 9.59 Å². The topological polar surface area (TPSA) is 83.9 Å². The van der Waals surface area contributed by atoms with Gasteiger partial charge in [0.25, 0.3) is 11.8 Å². The van der Waals surface area contributed by atoms with Crippen LogP contribution in [0.15, 0.2) is 91.3 Å². The van der Waals surface area contributed by atoms with E-state index in [1.807, 2.05) is 90.6 Å². The quantitative estimate of drug-likeness (QED) is 0.366. The SMILES string of the molecule is Cn1cc(C2=C(c3[nH]nc4ncccc34)C(=O)N(c3cccc4ccccc34)C2=O)c2ccccc21. The van der Waals surface area contributed by atoms with Crippen LogP contribution >= 0.6 is 0 Å². The first kappa shape index (κ1) is 20.3. The first-order valence-corrected chi connectivity index (χ1v) is 11.6. The largest absolute Gasteiger partial charge is 0.350 e. The maximum atomic E-state index is 14.2. The molecule has 7 rings (SSSR count). The van der Waals surface area contributed by atoms with Gasteiger partial charge in [-0.2, -0.15) is 5.10 Å². The second kappa shape index (κ2) is 7.48. The summed E-state index contributed by atoms with van der Waals surface area (Å²) in [6.07, 6.45) is 3.56. The molecule has 4 heterocycles. The van der Waals surface area contributed by atoms with E-state index in [-0.39, 0.29) is 5.91 Å². The van der Waals surface area contributed by atoms with Gasteiger partial charge in [0.1, 0.15) is 0 Å². The molecule has 6 aromatic rings. The molecule has 172 valence electrons. The molecule has 0 bridgehead atoms. The summed E-state index contributed by atoms with van der Waals surface area (Å²) in [4.78, 5) is 34.0. The van der Waals surface area contributed by atoms with Gasteiger partial charge in [-0.1, -0.05) is 54.6 Å². The number of para-hydroxylation sites is 1. The minimum absolute atomic E-state index is 0.291. The van der Waals surface area contributed by atoms with Crippen LogP contribution in [0, 0.1) is 0 Å². The number of carbonyl (C=O) groups is 2. The molecule has 1 aliphatic heterocycles. The molecule has 0 spiro atoms. The summed E-state index contributed by atoms with van der Waals surface area (Å²) >= 11 is 0. The third-order valence-corrected chi connectivity index (χ3v) is 6.84. The van der Waals surface area contributed by atoms with Gasteiger partial charge in [-0.05, 0) is 29.7 Å². The zero-order valence-corrected chi connectivity index (χ0v) is 19.3. The van der Waals surface area contributed by atoms with Crippen LogP contribution in [-0.2, 0) is 16.6 Å². The van der Waals surface area contributed by atoms with Crippen molar-refractivity contribution in [2.75, 3.05) is 4.90 Å². The molecular formula is C29H19N5O2. The van der Waals surface area contributed by atoms with Crippen LogP contribution in [0.4, 0.5) is 5.69 Å². The third-order valence-electron chi connectivity index (χ3n) is 6.84. The molecule has 2 amide bonds. The van der Waals surface area contributed by atoms with Crippen LogP contribution in [0.25, 0.3) is 43.9 Å². The predicted octanol–water partition coefficient (Wildman–Crippen LogP) is 5.09. The normalized spacial score (nSPS) is 14.2. The lowest BCUT2D eigenvalue weighted by atomic mass is 9.98. The van der Waals surface area contributed by atoms with Crippen molar-refractivity contribution in [1.29, 1.82) is 0 Å². The standard InChI is InChI=1S/C29H19N5O2/c1-33-16-21(19-11-4-5-13-22(19)33)24-25(26-20-12-7-15-30-27(20)32-31-26)29(36)34(28(24)35)23-14-6-9-17-8-2-3-10-18(17)23/h2-16H,1H3,(H,30,31,32). The van der Waals surface area contributed by atoms with Crippen LogP contribution in [0.3, 0.4) is 0 Å². The summed E-state index contributed by atoms with van der Waals surface area (Å²) in [5, 5.41) is 10.7. The van der Waals surface area contributed by atoms with Crippen LogP contribution in [-0.4, -0.2) is 31.6 Å². The first-order chi connectivity index (χ1) is 17.6. The Kier molecular flexibility index (Phi) is 4.23. The fraction of sp³-hybridized carbons (Fsp3) is 0.0345. The molecule has 7 heteroatoms. The number of nitrogens with zero attached hydrogens (tertiary/aromatic N) is 4. The summed E-state index contributed by atoms with van der Waals surface area (Å²) in [6.45, 7) is 0. The Morgan fingerprint density at radius 3 is 2.36 bits per heavy atom. The number of carbonyl (C=O) groups excluding carboxylic acids is 2. The number of aryl methyl sites for hydroxylation is 1. The first-order valence-electron chi connectivity index (χ1n) is 11.6. The van der Waals surface area contributed by atoms with E-state index in [1.165, 1.54) is 4.90 Å². The number of fused-ring (bicyclic) bond motifs is 3. The molecule has 0 unspecified atom stereocenters. The van der Waals surface area contributed by atoms with E-state index < -0.39 is 5.91 Å². The van der Waals surface area contributed by atoms with Gasteiger partial charge in [0.15, 0.2) is 5.65 Å². The van der Waals surface area contributed by atoms with Crippen molar-refractivity contribution in [2.45, 2.75) is 0 Å². The highest BCUT2D eigenvalue weighted by Crippen LogP contribution is 2.43. The molecule has 0 saturated heterocycles. The maximum Gasteiger partial charge on any atom is 0.268 e. The van der Waals surface area contributed by atoms with E-state index in [4.69, 9.17) is 0 Å². The van der Waals surface area contributed by atoms with E-state index >= 15 is 0 Å². The van der Waals surface area contributed by atoms with Gasteiger partial charge < -0.3 is 4.57 Å². The van der Waals surface area contributed by atoms with E-state index in [9.17, 15) is 9.59 Å². The summed E-state index contributed by atoms with van der Waals surface area (Å²) in [5.41, 5.74) is 3.84. The monoisotopic (exact) mass is 469 g/mol. The van der Waals surface area contributed by atoms with Crippen LogP contribution < -0.4 is 4.90 Å². The fourth-order valence-corrected chi connectivity index (χ4v) is 5.22. The van der Waals surface area contributed by atoms with E-state index in [0.717, 1.165) is 21.7 Å². The fourth-order valence-electron chi connectivity index (χ4n) is 5.22. The summed E-state index contributed by atoms with van der Waals surface area (Å²) in [5.74, 6) is -0.761. The number of amides is 2. The molecule has 0 radical (unpaired) electrons. The minimum Gasteiger partial charge on any atom is -0.350 e. The highest BCUT2D eigenvalue weighted by Gasteiger charge is 2.43. The van der Waals surface area contributed by atoms with Gasteiger partial charge in [0.2, 0.25) is 0 Å². The second-order valence-corrected chi connectivity index (χ2v) is 8.84. The van der Waals surface area contributed by atoms with Gasteiger partial charge >= 0.3 is 0 Å². The Morgan fingerprint density at radius 2 is 1.47 bits per heavy atom. The molecule has 1 aliphatic rings. The molecule has 3 aromatic heterocycles. The summed E-state index contributed by atoms with van der Waals surface area (Å²) in [7, 11) is 1.94. The second-order valence-electron chi connectivity index (χ2n) is 8.84. The summed E-state index contributed by atoms with van der Waals surface area (Å²) in [6, 6.07) is 24.9. The van der Waals surface area contributed by atoms with Gasteiger partial charge in [0, 0.05) is 46.7 Å². The molecule has 0 aliphatic carbocycles. The molecule has 0 fully saturated rings. The van der Waals surface area contributed by atoms with Crippen molar-refractivity contribution >= 4 is 61.4 Å². The van der Waals surface area contributed by atoms with Crippen molar-refractivity contribution in [2.24, 2.45) is 7.05 Å². The van der Waals surface area contributed by atoms with Crippen molar-refractivity contribution in [3.8, 4) is 0 Å². The van der Waals surface area contributed by atoms with Crippen molar-refractivity contribution in [3.05, 3.63) is 103 Å². The average molecular weight is 470 g/mol. The number of imide groups is 1. The predicted molar refractivity (Wildman–Crippen MR) is 140 cm³/mol. The van der Waals surface area contributed by atoms with E-state index in [0.29, 0.717) is 39.1 Å². The van der Waals surface area contributed by atoms with Gasteiger partial charge in [-0.25, -0.2) is 9.88 Å². The van der Waals surface area contributed by atoms with E-state index in [1.54, 1.807) is 12.3 Å². The summed E-state index contributed by atoms with van der Waals surface area (Å²) < 4.78 is 1.97. The zero-order chi connectivity index (χ0) is 24.4. The molecule has 36 heavy (non-hydrogen) atoms. The van der Waals surface area contributed by atoms with Crippen LogP contribution in [0.2, 0.25) is 0 Å². The van der Waals surface area contributed by atoms with Crippen LogP contribution in [0.5, 0.6) is 0 Å². The highest BCUT2D eigenvalue weighted by molar-refractivity contribution is 6.58. The number of aromatic amines is 1. The number of anilines is 1. The molecule has 3 aromatic carbocycles. The smallest absolute Gasteiger partial charge is 0.268 e. The number of hydrogen-bond acceptors (Lipinski definition) is 4. The van der Waals surface area contributed by atoms with Crippen LogP contribution in [0.1, 0.15) is 11.3 Å². The molecule has 1 N–H and O–H groups in total. The van der Waals surface area contributed by atoms with Crippen molar-refractivity contribution in [1.82, 2.24) is 19.7 Å². The molecule has 7 nitrogen and oxygen atoms in total. The number of rotatable bonds is 3. The van der Waals surface area contributed by atoms with Gasteiger partial charge in [-0.3, -0.25) is 14.7 Å². The number of aromatic nitrogens is 4. The Labute approximate surface area is 205 Å². The van der Waals surface area contributed by atoms with Gasteiger partial charge in [-0.15, -0.1) is 0 Å². The zero-order valence-electron chi connectivity index (χ0n) is 19.3. The third kappa shape index (κ3) is 2.74. The number of hydrogen-bond donors (Lipinski definition) is 1. The number of benzene rings is 3. The minimum atomic E-state index is -0.395. The number of nitrogens with one attached hydrogen (secondary N) is 1. The number of pyridine rings is 1. The Balaban J connectivity index is 1.54. The Hall–Kier alpha value is -5.04. The highest BCUT2D eigenvalue weighted by atomic mass is 16.2. The molecule has 0 saturated carbocycles. The Morgan fingerprint density at radius 1 is 0.750 bits per heavy atom. The maximum absolute atomic E-state index is 14.2. The lowest BCUT2D eigenvalue weighted by molar-refractivity contribution is -0.119. The lowest BCUT2D eigenvalue weighted by Gasteiger charge is -2.17. The van der Waals surface area contributed by atoms with Crippen molar-refractivity contribution in [3.63, 3.8) is 0 Å². The van der Waals surface area contributed by atoms with Gasteiger partial charge in [0.05, 0.1) is 22.5 Å². The number of H-pyrrole nitrogens is 1. The van der Waals surface area contributed by atoms with E-state index in [2.05, 4.69) is 15.2 Å². The molecular weight excluding hydrogens is 450 g/mol.